The topological polar surface area (TPSA) is 27.7 Å². The third kappa shape index (κ3) is 4.71. The van der Waals surface area contributed by atoms with Crippen LogP contribution in [0, 0.1) is 5.92 Å². The summed E-state index contributed by atoms with van der Waals surface area (Å²) < 4.78 is 56.7. The SMILES string of the molecule is CCOC1(CC)C(CCC(F)(F)F)CCC[Si]1(OCC)OCC. The highest BCUT2D eigenvalue weighted by atomic mass is 28.4. The Kier molecular flexibility index (Phi) is 8.03. The van der Waals surface area contributed by atoms with Crippen LogP contribution in [0.3, 0.4) is 0 Å². The fourth-order valence-electron chi connectivity index (χ4n) is 4.09. The van der Waals surface area contributed by atoms with Crippen molar-refractivity contribution in [1.29, 1.82) is 0 Å². The molecule has 1 heterocycles. The van der Waals surface area contributed by atoms with Gasteiger partial charge < -0.3 is 13.6 Å². The van der Waals surface area contributed by atoms with E-state index in [1.54, 1.807) is 0 Å². The van der Waals surface area contributed by atoms with Crippen LogP contribution in [0.4, 0.5) is 13.2 Å². The first-order valence-electron chi connectivity index (χ1n) is 8.79. The molecule has 0 amide bonds. The lowest BCUT2D eigenvalue weighted by molar-refractivity contribution is -0.146. The Labute approximate surface area is 139 Å². The molecule has 2 atom stereocenters. The van der Waals surface area contributed by atoms with Gasteiger partial charge in [-0.25, -0.2) is 0 Å². The van der Waals surface area contributed by atoms with Gasteiger partial charge in [-0.1, -0.05) is 13.3 Å². The molecule has 7 heteroatoms. The van der Waals surface area contributed by atoms with E-state index in [4.69, 9.17) is 13.6 Å². The molecular formula is C16H31F3O3Si. The predicted molar refractivity (Wildman–Crippen MR) is 86.5 cm³/mol. The van der Waals surface area contributed by atoms with Gasteiger partial charge in [0.2, 0.25) is 0 Å². The number of rotatable bonds is 9. The van der Waals surface area contributed by atoms with Crippen molar-refractivity contribution < 1.29 is 26.8 Å². The van der Waals surface area contributed by atoms with Gasteiger partial charge in [0.1, 0.15) is 5.22 Å². The van der Waals surface area contributed by atoms with Crippen molar-refractivity contribution in [3.8, 4) is 0 Å². The largest absolute Gasteiger partial charge is 0.393 e. The summed E-state index contributed by atoms with van der Waals surface area (Å²) in [6, 6.07) is 0.797. The average Bonchev–Trinajstić information content (AvgIpc) is 2.47. The highest BCUT2D eigenvalue weighted by Gasteiger charge is 2.63. The van der Waals surface area contributed by atoms with Crippen LogP contribution in [0.2, 0.25) is 6.04 Å². The summed E-state index contributed by atoms with van der Waals surface area (Å²) in [6.07, 6.45) is -2.58. The first-order chi connectivity index (χ1) is 10.8. The van der Waals surface area contributed by atoms with E-state index in [0.717, 1.165) is 18.9 Å². The molecule has 1 aliphatic rings. The summed E-state index contributed by atoms with van der Waals surface area (Å²) in [5.41, 5.74) is 0. The summed E-state index contributed by atoms with van der Waals surface area (Å²) in [5, 5.41) is -0.683. The summed E-state index contributed by atoms with van der Waals surface area (Å²) in [5.74, 6) is -0.160. The molecule has 0 spiro atoms. The number of halogens is 3. The van der Waals surface area contributed by atoms with Gasteiger partial charge in [0.15, 0.2) is 0 Å². The van der Waals surface area contributed by atoms with Gasteiger partial charge in [0, 0.05) is 26.2 Å². The first-order valence-corrected chi connectivity index (χ1v) is 10.8. The molecule has 0 aromatic rings. The molecule has 2 unspecified atom stereocenters. The van der Waals surface area contributed by atoms with E-state index in [0.29, 0.717) is 26.2 Å². The summed E-state index contributed by atoms with van der Waals surface area (Å²) in [4.78, 5) is 0. The molecule has 3 nitrogen and oxygen atoms in total. The normalized spacial score (nSPS) is 28.0. The monoisotopic (exact) mass is 356 g/mol. The van der Waals surface area contributed by atoms with Gasteiger partial charge >= 0.3 is 14.7 Å². The number of hydrogen-bond donors (Lipinski definition) is 0. The molecule has 0 N–H and O–H groups in total. The van der Waals surface area contributed by atoms with Crippen molar-refractivity contribution >= 4 is 8.56 Å². The van der Waals surface area contributed by atoms with Crippen molar-refractivity contribution in [3.63, 3.8) is 0 Å². The van der Waals surface area contributed by atoms with Crippen LogP contribution in [-0.4, -0.2) is 39.8 Å². The first kappa shape index (κ1) is 20.9. The Morgan fingerprint density at radius 2 is 1.65 bits per heavy atom. The van der Waals surface area contributed by atoms with Gasteiger partial charge in [-0.15, -0.1) is 0 Å². The molecule has 1 fully saturated rings. The summed E-state index contributed by atoms with van der Waals surface area (Å²) in [6.45, 7) is 9.19. The molecule has 0 radical (unpaired) electrons. The van der Waals surface area contributed by atoms with Crippen LogP contribution >= 0.6 is 0 Å². The van der Waals surface area contributed by atoms with E-state index >= 15 is 0 Å². The molecule has 1 rings (SSSR count). The molecule has 138 valence electrons. The van der Waals surface area contributed by atoms with E-state index in [2.05, 4.69) is 0 Å². The molecule has 23 heavy (non-hydrogen) atoms. The molecule has 0 aliphatic carbocycles. The lowest BCUT2D eigenvalue weighted by atomic mass is 9.89. The molecule has 1 aliphatic heterocycles. The Balaban J connectivity index is 3.16. The quantitative estimate of drug-likeness (QED) is 0.545. The van der Waals surface area contributed by atoms with E-state index in [1.807, 2.05) is 27.7 Å². The third-order valence-corrected chi connectivity index (χ3v) is 9.54. The molecule has 1 saturated heterocycles. The number of hydrogen-bond acceptors (Lipinski definition) is 3. The van der Waals surface area contributed by atoms with E-state index in [9.17, 15) is 13.2 Å². The second-order valence-electron chi connectivity index (χ2n) is 6.04. The summed E-state index contributed by atoms with van der Waals surface area (Å²) in [7, 11) is -2.73. The zero-order valence-electron chi connectivity index (χ0n) is 14.8. The Morgan fingerprint density at radius 1 is 1.04 bits per heavy atom. The maximum absolute atomic E-state index is 12.7. The molecule has 0 bridgehead atoms. The fourth-order valence-corrected chi connectivity index (χ4v) is 8.79. The van der Waals surface area contributed by atoms with Crippen LogP contribution in [0.1, 0.15) is 59.8 Å². The van der Waals surface area contributed by atoms with Crippen molar-refractivity contribution in [2.45, 2.75) is 77.2 Å². The minimum atomic E-state index is -4.13. The van der Waals surface area contributed by atoms with Gasteiger partial charge in [-0.05, 0) is 52.0 Å². The van der Waals surface area contributed by atoms with E-state index < -0.39 is 26.4 Å². The highest BCUT2D eigenvalue weighted by molar-refractivity contribution is 6.71. The average molecular weight is 357 g/mol. The van der Waals surface area contributed by atoms with Gasteiger partial charge in [0.05, 0.1) is 0 Å². The van der Waals surface area contributed by atoms with Crippen molar-refractivity contribution in [2.24, 2.45) is 5.92 Å². The third-order valence-electron chi connectivity index (χ3n) is 4.82. The van der Waals surface area contributed by atoms with Gasteiger partial charge in [-0.3, -0.25) is 0 Å². The van der Waals surface area contributed by atoms with E-state index in [-0.39, 0.29) is 12.3 Å². The molecule has 0 saturated carbocycles. The van der Waals surface area contributed by atoms with Gasteiger partial charge in [-0.2, -0.15) is 13.2 Å². The van der Waals surface area contributed by atoms with E-state index in [1.165, 1.54) is 0 Å². The smallest absolute Gasteiger partial charge is 0.389 e. The summed E-state index contributed by atoms with van der Waals surface area (Å²) >= 11 is 0. The lowest BCUT2D eigenvalue weighted by Gasteiger charge is -2.53. The van der Waals surface area contributed by atoms with Crippen molar-refractivity contribution in [2.75, 3.05) is 19.8 Å². The number of ether oxygens (including phenoxy) is 1. The standard InChI is InChI=1S/C16H31F3O3Si/c1-5-15(20-6-2)14(11-12-16(17,18)19)10-9-13-23(15,21-7-3)22-8-4/h14H,5-13H2,1-4H3. The van der Waals surface area contributed by atoms with Crippen molar-refractivity contribution in [3.05, 3.63) is 0 Å². The number of alkyl halides is 3. The second kappa shape index (κ2) is 8.83. The van der Waals surface area contributed by atoms with Crippen LogP contribution in [0.5, 0.6) is 0 Å². The van der Waals surface area contributed by atoms with Crippen LogP contribution in [0.15, 0.2) is 0 Å². The van der Waals surface area contributed by atoms with Crippen LogP contribution in [0.25, 0.3) is 0 Å². The lowest BCUT2D eigenvalue weighted by Crippen LogP contribution is -2.69. The zero-order valence-corrected chi connectivity index (χ0v) is 15.8. The Morgan fingerprint density at radius 3 is 2.09 bits per heavy atom. The van der Waals surface area contributed by atoms with Crippen LogP contribution in [-0.2, 0) is 13.6 Å². The van der Waals surface area contributed by atoms with Crippen molar-refractivity contribution in [1.82, 2.24) is 0 Å². The highest BCUT2D eigenvalue weighted by Crippen LogP contribution is 2.49. The Hall–Kier alpha value is -0.113. The van der Waals surface area contributed by atoms with Gasteiger partial charge in [0.25, 0.3) is 0 Å². The Bertz CT molecular complexity index is 340. The molecule has 0 aromatic carbocycles. The predicted octanol–water partition coefficient (Wildman–Crippen LogP) is 4.98. The second-order valence-corrected chi connectivity index (χ2v) is 9.47. The maximum Gasteiger partial charge on any atom is 0.389 e. The maximum atomic E-state index is 12.7. The fraction of sp³-hybridized carbons (Fsp3) is 1.00. The zero-order chi connectivity index (χ0) is 17.6. The molecule has 0 aromatic heterocycles. The minimum Gasteiger partial charge on any atom is -0.393 e. The minimum absolute atomic E-state index is 0.0895. The molecular weight excluding hydrogens is 325 g/mol. The van der Waals surface area contributed by atoms with Crippen LogP contribution < -0.4 is 0 Å².